The van der Waals surface area contributed by atoms with Crippen molar-refractivity contribution in [2.24, 2.45) is 17.8 Å². The van der Waals surface area contributed by atoms with Crippen LogP contribution in [-0.2, 0) is 5.41 Å². The number of aromatic nitrogens is 2. The first-order valence-electron chi connectivity index (χ1n) is 6.97. The van der Waals surface area contributed by atoms with Gasteiger partial charge in [-0.05, 0) is 68.5 Å². The molecule has 18 heavy (non-hydrogen) atoms. The number of rotatable bonds is 1. The molecule has 0 atom stereocenters. The van der Waals surface area contributed by atoms with Gasteiger partial charge in [-0.2, -0.15) is 0 Å². The van der Waals surface area contributed by atoms with Crippen molar-refractivity contribution in [2.45, 2.75) is 43.9 Å². The molecule has 4 heteroatoms. The lowest BCUT2D eigenvalue weighted by molar-refractivity contribution is -0.00601. The average Bonchev–Trinajstić information content (AvgIpc) is 2.26. The molecule has 0 saturated heterocycles. The molecule has 2 N–H and O–H groups in total. The Morgan fingerprint density at radius 1 is 1.11 bits per heavy atom. The molecule has 5 rings (SSSR count). The average molecular weight is 262 g/mol. The van der Waals surface area contributed by atoms with E-state index < -0.39 is 0 Å². The molecule has 4 aliphatic carbocycles. The highest BCUT2D eigenvalue weighted by Gasteiger charge is 2.52. The van der Waals surface area contributed by atoms with Gasteiger partial charge < -0.3 is 4.98 Å². The van der Waals surface area contributed by atoms with Gasteiger partial charge in [0.2, 0.25) is 0 Å². The quantitative estimate of drug-likeness (QED) is 0.765. The van der Waals surface area contributed by atoms with E-state index in [0.717, 1.165) is 23.3 Å². The molecule has 0 unspecified atom stereocenters. The molecule has 0 aromatic carbocycles. The summed E-state index contributed by atoms with van der Waals surface area (Å²) in [5, 5.41) is 0. The molecule has 0 aliphatic heterocycles. The van der Waals surface area contributed by atoms with Gasteiger partial charge in [-0.1, -0.05) is 0 Å². The summed E-state index contributed by atoms with van der Waals surface area (Å²) in [4.78, 5) is 18.0. The fourth-order valence-electron chi connectivity index (χ4n) is 5.24. The normalized spacial score (nSPS) is 41.2. The van der Waals surface area contributed by atoms with Crippen LogP contribution in [0.1, 0.15) is 44.1 Å². The second-order valence-corrected chi connectivity index (χ2v) is 7.09. The highest BCUT2D eigenvalue weighted by molar-refractivity contribution is 7.71. The maximum absolute atomic E-state index is 12.2. The van der Waals surface area contributed by atoms with Crippen molar-refractivity contribution in [1.82, 2.24) is 9.97 Å². The Morgan fingerprint density at radius 3 is 2.17 bits per heavy atom. The van der Waals surface area contributed by atoms with Gasteiger partial charge in [0.15, 0.2) is 4.77 Å². The molecular weight excluding hydrogens is 244 g/mol. The van der Waals surface area contributed by atoms with E-state index in [1.54, 1.807) is 0 Å². The van der Waals surface area contributed by atoms with Gasteiger partial charge in [0.05, 0.1) is 0 Å². The van der Waals surface area contributed by atoms with Crippen molar-refractivity contribution in [2.75, 3.05) is 0 Å². The van der Waals surface area contributed by atoms with E-state index in [1.165, 1.54) is 38.5 Å². The van der Waals surface area contributed by atoms with Gasteiger partial charge in [0, 0.05) is 17.2 Å². The van der Waals surface area contributed by atoms with E-state index in [0.29, 0.717) is 4.77 Å². The van der Waals surface area contributed by atoms with Crippen molar-refractivity contribution < 1.29 is 0 Å². The molecule has 4 saturated carbocycles. The molecule has 4 bridgehead atoms. The summed E-state index contributed by atoms with van der Waals surface area (Å²) in [5.41, 5.74) is 1.16. The summed E-state index contributed by atoms with van der Waals surface area (Å²) in [6, 6.07) is 0. The Balaban J connectivity index is 1.84. The summed E-state index contributed by atoms with van der Waals surface area (Å²) in [6.07, 6.45) is 9.74. The second kappa shape index (κ2) is 3.56. The van der Waals surface area contributed by atoms with Gasteiger partial charge >= 0.3 is 0 Å². The molecule has 1 aromatic rings. The standard InChI is InChI=1S/C14H18N2OS/c17-12-11(7-15-13(18)16-12)14-4-8-1-9(5-14)3-10(2-8)6-14/h7-10H,1-6H2,(H2,15,16,17,18). The third kappa shape index (κ3) is 1.48. The van der Waals surface area contributed by atoms with Gasteiger partial charge in [0.1, 0.15) is 0 Å². The van der Waals surface area contributed by atoms with Crippen LogP contribution in [0.4, 0.5) is 0 Å². The smallest absolute Gasteiger partial charge is 0.255 e. The molecular formula is C14H18N2OS. The molecule has 0 amide bonds. The van der Waals surface area contributed by atoms with Crippen LogP contribution in [0.2, 0.25) is 0 Å². The van der Waals surface area contributed by atoms with Crippen LogP contribution in [0.25, 0.3) is 0 Å². The van der Waals surface area contributed by atoms with Crippen LogP contribution in [-0.4, -0.2) is 9.97 Å². The van der Waals surface area contributed by atoms with Crippen LogP contribution in [0.5, 0.6) is 0 Å². The summed E-state index contributed by atoms with van der Waals surface area (Å²) >= 11 is 4.99. The summed E-state index contributed by atoms with van der Waals surface area (Å²) in [6.45, 7) is 0. The predicted molar refractivity (Wildman–Crippen MR) is 72.1 cm³/mol. The fraction of sp³-hybridized carbons (Fsp3) is 0.714. The molecule has 1 aromatic heterocycles. The maximum Gasteiger partial charge on any atom is 0.255 e. The van der Waals surface area contributed by atoms with Crippen LogP contribution < -0.4 is 5.56 Å². The Kier molecular flexibility index (Phi) is 2.17. The highest BCUT2D eigenvalue weighted by atomic mass is 32.1. The lowest BCUT2D eigenvalue weighted by Gasteiger charge is -2.56. The van der Waals surface area contributed by atoms with Gasteiger partial charge in [-0.15, -0.1) is 0 Å². The zero-order valence-corrected chi connectivity index (χ0v) is 11.2. The van der Waals surface area contributed by atoms with E-state index >= 15 is 0 Å². The zero-order valence-electron chi connectivity index (χ0n) is 10.4. The Morgan fingerprint density at radius 2 is 1.67 bits per heavy atom. The third-order valence-corrected chi connectivity index (χ3v) is 5.65. The fourth-order valence-corrected chi connectivity index (χ4v) is 5.40. The summed E-state index contributed by atoms with van der Waals surface area (Å²) < 4.78 is 0.438. The number of H-pyrrole nitrogens is 2. The summed E-state index contributed by atoms with van der Waals surface area (Å²) in [7, 11) is 0. The van der Waals surface area contributed by atoms with Crippen molar-refractivity contribution >= 4 is 12.2 Å². The van der Waals surface area contributed by atoms with Crippen LogP contribution in [0.15, 0.2) is 11.0 Å². The second-order valence-electron chi connectivity index (χ2n) is 6.68. The SMILES string of the molecule is O=c1[nH]c(=S)[nH]cc1C12CC3CC(CC(C3)C1)C2. The monoisotopic (exact) mass is 262 g/mol. The first-order chi connectivity index (χ1) is 8.64. The van der Waals surface area contributed by atoms with Crippen LogP contribution in [0.3, 0.4) is 0 Å². The molecule has 4 aliphatic rings. The topological polar surface area (TPSA) is 48.6 Å². The van der Waals surface area contributed by atoms with Crippen molar-refractivity contribution in [3.63, 3.8) is 0 Å². The minimum atomic E-state index is 0.0423. The van der Waals surface area contributed by atoms with E-state index in [2.05, 4.69) is 9.97 Å². The lowest BCUT2D eigenvalue weighted by atomic mass is 9.48. The first kappa shape index (κ1) is 11.0. The Labute approximate surface area is 111 Å². The van der Waals surface area contributed by atoms with Crippen molar-refractivity contribution in [3.8, 4) is 0 Å². The highest BCUT2D eigenvalue weighted by Crippen LogP contribution is 2.60. The number of hydrogen-bond acceptors (Lipinski definition) is 2. The Bertz CT molecular complexity index is 565. The summed E-state index contributed by atoms with van der Waals surface area (Å²) in [5.74, 6) is 2.58. The molecule has 96 valence electrons. The molecule has 1 heterocycles. The molecule has 3 nitrogen and oxygen atoms in total. The number of hydrogen-bond donors (Lipinski definition) is 2. The first-order valence-corrected chi connectivity index (χ1v) is 7.38. The molecule has 0 radical (unpaired) electrons. The Hall–Kier alpha value is -0.900. The number of nitrogens with one attached hydrogen (secondary N) is 2. The van der Waals surface area contributed by atoms with E-state index in [-0.39, 0.29) is 11.0 Å². The van der Waals surface area contributed by atoms with Gasteiger partial charge in [0.25, 0.3) is 5.56 Å². The predicted octanol–water partition coefficient (Wildman–Crippen LogP) is 2.90. The zero-order chi connectivity index (χ0) is 12.3. The van der Waals surface area contributed by atoms with Gasteiger partial charge in [-0.3, -0.25) is 9.78 Å². The van der Waals surface area contributed by atoms with Crippen LogP contribution >= 0.6 is 12.2 Å². The van der Waals surface area contributed by atoms with E-state index in [9.17, 15) is 4.79 Å². The maximum atomic E-state index is 12.2. The lowest BCUT2D eigenvalue weighted by Crippen LogP contribution is -2.50. The van der Waals surface area contributed by atoms with Gasteiger partial charge in [-0.25, -0.2) is 0 Å². The number of aromatic amines is 2. The van der Waals surface area contributed by atoms with Crippen molar-refractivity contribution in [1.29, 1.82) is 0 Å². The van der Waals surface area contributed by atoms with Crippen molar-refractivity contribution in [3.05, 3.63) is 26.9 Å². The van der Waals surface area contributed by atoms with Crippen LogP contribution in [0, 0.1) is 22.5 Å². The third-order valence-electron chi connectivity index (χ3n) is 5.43. The minimum Gasteiger partial charge on any atom is -0.338 e. The van der Waals surface area contributed by atoms with E-state index in [4.69, 9.17) is 12.2 Å². The van der Waals surface area contributed by atoms with E-state index in [1.807, 2.05) is 6.20 Å². The molecule has 0 spiro atoms. The molecule has 4 fully saturated rings. The minimum absolute atomic E-state index is 0.0423. The largest absolute Gasteiger partial charge is 0.338 e.